The summed E-state index contributed by atoms with van der Waals surface area (Å²) in [6.45, 7) is 5.94. The first-order valence-electron chi connectivity index (χ1n) is 6.18. The van der Waals surface area contributed by atoms with Gasteiger partial charge in [0.15, 0.2) is 0 Å². The summed E-state index contributed by atoms with van der Waals surface area (Å²) < 4.78 is 0. The van der Waals surface area contributed by atoms with Gasteiger partial charge in [0.1, 0.15) is 0 Å². The molecule has 1 aromatic carbocycles. The summed E-state index contributed by atoms with van der Waals surface area (Å²) in [7, 11) is 1.94. The molecule has 1 aliphatic rings. The maximum absolute atomic E-state index is 12.0. The highest BCUT2D eigenvalue weighted by atomic mass is 16.2. The van der Waals surface area contributed by atoms with Crippen molar-refractivity contribution in [3.05, 3.63) is 28.8 Å². The minimum Gasteiger partial charge on any atom is -0.320 e. The van der Waals surface area contributed by atoms with E-state index in [0.717, 1.165) is 25.2 Å². The molecule has 1 aliphatic heterocycles. The van der Waals surface area contributed by atoms with Crippen molar-refractivity contribution in [3.63, 3.8) is 0 Å². The Bertz CT molecular complexity index is 440. The molecule has 0 atom stereocenters. The van der Waals surface area contributed by atoms with Crippen LogP contribution >= 0.6 is 0 Å². The number of nitrogens with zero attached hydrogens (tertiary/aromatic N) is 1. The molecule has 0 spiro atoms. The molecule has 92 valence electrons. The van der Waals surface area contributed by atoms with Crippen LogP contribution in [0.5, 0.6) is 0 Å². The number of benzene rings is 1. The molecule has 0 aromatic heterocycles. The average molecular weight is 232 g/mol. The summed E-state index contributed by atoms with van der Waals surface area (Å²) in [4.78, 5) is 13.9. The van der Waals surface area contributed by atoms with E-state index in [9.17, 15) is 4.79 Å². The molecule has 1 N–H and O–H groups in total. The summed E-state index contributed by atoms with van der Waals surface area (Å²) >= 11 is 0. The minimum absolute atomic E-state index is 0.241. The molecular weight excluding hydrogens is 212 g/mol. The number of amides is 1. The molecule has 2 rings (SSSR count). The molecule has 0 radical (unpaired) electrons. The third-order valence-corrected chi connectivity index (χ3v) is 3.32. The third kappa shape index (κ3) is 2.34. The zero-order valence-electron chi connectivity index (χ0n) is 10.8. The van der Waals surface area contributed by atoms with Crippen molar-refractivity contribution < 1.29 is 4.79 Å². The van der Waals surface area contributed by atoms with Gasteiger partial charge in [-0.05, 0) is 56.6 Å². The van der Waals surface area contributed by atoms with Crippen LogP contribution in [0.3, 0.4) is 0 Å². The van der Waals surface area contributed by atoms with Gasteiger partial charge in [-0.15, -0.1) is 0 Å². The van der Waals surface area contributed by atoms with Crippen molar-refractivity contribution in [1.29, 1.82) is 0 Å². The average Bonchev–Trinajstić information content (AvgIpc) is 2.57. The fourth-order valence-corrected chi connectivity index (χ4v) is 2.49. The Kier molecular flexibility index (Phi) is 3.48. The maximum atomic E-state index is 12.0. The monoisotopic (exact) mass is 232 g/mol. The summed E-state index contributed by atoms with van der Waals surface area (Å²) in [6, 6.07) is 4.29. The van der Waals surface area contributed by atoms with Gasteiger partial charge in [0.05, 0.1) is 6.42 Å². The fraction of sp³-hybridized carbons (Fsp3) is 0.500. The Morgan fingerprint density at radius 3 is 2.82 bits per heavy atom. The Morgan fingerprint density at radius 1 is 1.35 bits per heavy atom. The molecule has 3 heteroatoms. The molecule has 3 nitrogen and oxygen atoms in total. The van der Waals surface area contributed by atoms with Gasteiger partial charge in [0.2, 0.25) is 5.91 Å². The van der Waals surface area contributed by atoms with Crippen molar-refractivity contribution in [2.24, 2.45) is 0 Å². The fourth-order valence-electron chi connectivity index (χ4n) is 2.49. The van der Waals surface area contributed by atoms with Crippen LogP contribution in [-0.4, -0.2) is 26.0 Å². The Labute approximate surface area is 103 Å². The van der Waals surface area contributed by atoms with E-state index >= 15 is 0 Å². The molecule has 17 heavy (non-hydrogen) atoms. The quantitative estimate of drug-likeness (QED) is 0.803. The molecule has 1 heterocycles. The number of aryl methyl sites for hydroxylation is 2. The highest BCUT2D eigenvalue weighted by Gasteiger charge is 2.27. The van der Waals surface area contributed by atoms with Gasteiger partial charge in [0, 0.05) is 12.2 Å². The molecule has 0 saturated carbocycles. The second-order valence-electron chi connectivity index (χ2n) is 4.76. The molecule has 0 fully saturated rings. The van der Waals surface area contributed by atoms with Crippen molar-refractivity contribution in [2.45, 2.75) is 26.7 Å². The Morgan fingerprint density at radius 2 is 2.12 bits per heavy atom. The molecule has 0 bridgehead atoms. The largest absolute Gasteiger partial charge is 0.320 e. The maximum Gasteiger partial charge on any atom is 0.231 e. The lowest BCUT2D eigenvalue weighted by atomic mass is 10.0. The number of carbonyl (C=O) groups is 1. The molecular formula is C14H20N2O. The van der Waals surface area contributed by atoms with E-state index < -0.39 is 0 Å². The number of nitrogens with one attached hydrogen (secondary N) is 1. The lowest BCUT2D eigenvalue weighted by Crippen LogP contribution is -2.29. The van der Waals surface area contributed by atoms with Crippen LogP contribution in [0.2, 0.25) is 0 Å². The van der Waals surface area contributed by atoms with Crippen LogP contribution in [0.1, 0.15) is 23.1 Å². The first-order chi connectivity index (χ1) is 8.13. The second kappa shape index (κ2) is 4.88. The third-order valence-electron chi connectivity index (χ3n) is 3.32. The zero-order chi connectivity index (χ0) is 12.4. The SMILES string of the molecule is CNCCCN1C(=O)Cc2c(C)cc(C)cc21. The topological polar surface area (TPSA) is 32.3 Å². The predicted molar refractivity (Wildman–Crippen MR) is 70.5 cm³/mol. The smallest absolute Gasteiger partial charge is 0.231 e. The first kappa shape index (κ1) is 12.1. The van der Waals surface area contributed by atoms with E-state index in [1.165, 1.54) is 16.7 Å². The number of hydrogen-bond donors (Lipinski definition) is 1. The molecule has 1 amide bonds. The first-order valence-corrected chi connectivity index (χ1v) is 6.18. The van der Waals surface area contributed by atoms with Crippen LogP contribution in [-0.2, 0) is 11.2 Å². The van der Waals surface area contributed by atoms with E-state index in [1.807, 2.05) is 11.9 Å². The minimum atomic E-state index is 0.241. The lowest BCUT2D eigenvalue weighted by molar-refractivity contribution is -0.117. The lowest BCUT2D eigenvalue weighted by Gasteiger charge is -2.18. The number of hydrogen-bond acceptors (Lipinski definition) is 2. The van der Waals surface area contributed by atoms with E-state index in [0.29, 0.717) is 6.42 Å². The van der Waals surface area contributed by atoms with Crippen LogP contribution in [0.25, 0.3) is 0 Å². The van der Waals surface area contributed by atoms with Gasteiger partial charge in [-0.1, -0.05) is 6.07 Å². The van der Waals surface area contributed by atoms with Crippen LogP contribution in [0, 0.1) is 13.8 Å². The van der Waals surface area contributed by atoms with E-state index in [2.05, 4.69) is 31.3 Å². The van der Waals surface area contributed by atoms with Crippen molar-refractivity contribution in [1.82, 2.24) is 5.32 Å². The standard InChI is InChI=1S/C14H20N2O/c1-10-7-11(2)12-9-14(17)16(13(12)8-10)6-4-5-15-3/h7-8,15H,4-6,9H2,1-3H3. The number of rotatable bonds is 4. The highest BCUT2D eigenvalue weighted by Crippen LogP contribution is 2.32. The van der Waals surface area contributed by atoms with Gasteiger partial charge in [-0.25, -0.2) is 0 Å². The van der Waals surface area contributed by atoms with Gasteiger partial charge < -0.3 is 10.2 Å². The Hall–Kier alpha value is -1.35. The summed E-state index contributed by atoms with van der Waals surface area (Å²) in [6.07, 6.45) is 1.57. The van der Waals surface area contributed by atoms with E-state index in [1.54, 1.807) is 0 Å². The second-order valence-corrected chi connectivity index (χ2v) is 4.76. The van der Waals surface area contributed by atoms with Crippen molar-refractivity contribution in [2.75, 3.05) is 25.0 Å². The van der Waals surface area contributed by atoms with Gasteiger partial charge in [-0.2, -0.15) is 0 Å². The molecule has 1 aromatic rings. The summed E-state index contributed by atoms with van der Waals surface area (Å²) in [5, 5.41) is 3.12. The van der Waals surface area contributed by atoms with Gasteiger partial charge in [-0.3, -0.25) is 4.79 Å². The molecule has 0 unspecified atom stereocenters. The van der Waals surface area contributed by atoms with E-state index in [-0.39, 0.29) is 5.91 Å². The zero-order valence-corrected chi connectivity index (χ0v) is 10.8. The summed E-state index contributed by atoms with van der Waals surface area (Å²) in [5.74, 6) is 0.241. The van der Waals surface area contributed by atoms with Gasteiger partial charge >= 0.3 is 0 Å². The van der Waals surface area contributed by atoms with Gasteiger partial charge in [0.25, 0.3) is 0 Å². The van der Waals surface area contributed by atoms with Crippen molar-refractivity contribution in [3.8, 4) is 0 Å². The molecule has 0 aliphatic carbocycles. The number of carbonyl (C=O) groups excluding carboxylic acids is 1. The van der Waals surface area contributed by atoms with Crippen molar-refractivity contribution >= 4 is 11.6 Å². The predicted octanol–water partition coefficient (Wildman–Crippen LogP) is 1.80. The normalized spacial score (nSPS) is 14.3. The van der Waals surface area contributed by atoms with Crippen LogP contribution in [0.15, 0.2) is 12.1 Å². The molecule has 0 saturated heterocycles. The number of fused-ring (bicyclic) bond motifs is 1. The number of anilines is 1. The van der Waals surface area contributed by atoms with Crippen LogP contribution in [0.4, 0.5) is 5.69 Å². The Balaban J connectivity index is 2.23. The van der Waals surface area contributed by atoms with Crippen LogP contribution < -0.4 is 10.2 Å². The summed E-state index contributed by atoms with van der Waals surface area (Å²) in [5.41, 5.74) is 4.81. The highest BCUT2D eigenvalue weighted by molar-refractivity contribution is 6.02. The van der Waals surface area contributed by atoms with E-state index in [4.69, 9.17) is 0 Å².